The fourth-order valence-corrected chi connectivity index (χ4v) is 0.0701. The third-order valence-electron chi connectivity index (χ3n) is 0.403. The smallest absolute Gasteiger partial charge is 0.173 e. The van der Waals surface area contributed by atoms with Crippen LogP contribution in [0.5, 0.6) is 0 Å². The van der Waals surface area contributed by atoms with Crippen LogP contribution in [-0.2, 0) is 0 Å². The summed E-state index contributed by atoms with van der Waals surface area (Å²) in [7, 11) is 0. The first-order valence-electron chi connectivity index (χ1n) is 1.59. The van der Waals surface area contributed by atoms with Crippen molar-refractivity contribution in [1.82, 2.24) is 0 Å². The zero-order chi connectivity index (χ0) is 5.86. The zero-order valence-corrected chi connectivity index (χ0v) is 3.62. The molecule has 0 heterocycles. The van der Waals surface area contributed by atoms with Gasteiger partial charge in [-0.25, -0.2) is 8.78 Å². The van der Waals surface area contributed by atoms with Crippen molar-refractivity contribution < 1.29 is 8.78 Å². The molecule has 0 rings (SSSR count). The molecule has 0 aliphatic carbocycles. The molecule has 0 aromatic heterocycles. The van der Waals surface area contributed by atoms with Gasteiger partial charge in [0.2, 0.25) is 0 Å². The van der Waals surface area contributed by atoms with Crippen molar-refractivity contribution in [2.45, 2.75) is 0 Å². The summed E-state index contributed by atoms with van der Waals surface area (Å²) in [5, 5.41) is 0. The third-order valence-corrected chi connectivity index (χ3v) is 0.403. The molecule has 7 heavy (non-hydrogen) atoms. The lowest BCUT2D eigenvalue weighted by atomic mass is 10.5. The monoisotopic (exact) mass is 105 g/mol. The van der Waals surface area contributed by atoms with E-state index in [4.69, 9.17) is 0 Å². The predicted octanol–water partition coefficient (Wildman–Crippen LogP) is 1.24. The maximum absolute atomic E-state index is 11.5. The zero-order valence-electron chi connectivity index (χ0n) is 3.62. The highest BCUT2D eigenvalue weighted by atomic mass is 19.2. The summed E-state index contributed by atoms with van der Waals surface area (Å²) < 4.78 is 22.5. The van der Waals surface area contributed by atoms with Crippen LogP contribution in [0.4, 0.5) is 8.78 Å². The topological polar surface area (TPSA) is 26.0 Å². The van der Waals surface area contributed by atoms with Gasteiger partial charge in [-0.05, 0) is 0 Å². The van der Waals surface area contributed by atoms with Crippen LogP contribution < -0.4 is 5.73 Å². The van der Waals surface area contributed by atoms with Crippen LogP contribution in [0.15, 0.2) is 24.4 Å². The van der Waals surface area contributed by atoms with Gasteiger partial charge in [-0.1, -0.05) is 6.58 Å². The average molecular weight is 105 g/mol. The highest BCUT2D eigenvalue weighted by Crippen LogP contribution is 2.00. The van der Waals surface area contributed by atoms with Crippen LogP contribution in [0.25, 0.3) is 0 Å². The Balaban J connectivity index is 3.82. The van der Waals surface area contributed by atoms with E-state index in [1.165, 1.54) is 0 Å². The van der Waals surface area contributed by atoms with E-state index in [2.05, 4.69) is 12.3 Å². The van der Waals surface area contributed by atoms with Gasteiger partial charge in [0.05, 0.1) is 5.70 Å². The molecule has 1 nitrogen and oxygen atoms in total. The first kappa shape index (κ1) is 6.14. The van der Waals surface area contributed by atoms with Crippen molar-refractivity contribution in [3.63, 3.8) is 0 Å². The summed E-state index contributed by atoms with van der Waals surface area (Å²) in [6.07, 6.45) is -0.234. The van der Waals surface area contributed by atoms with E-state index in [1.807, 2.05) is 0 Å². The lowest BCUT2D eigenvalue weighted by Crippen LogP contribution is -1.93. The Morgan fingerprint density at radius 1 is 1.71 bits per heavy atom. The van der Waals surface area contributed by atoms with Gasteiger partial charge in [-0.3, -0.25) is 0 Å². The Morgan fingerprint density at radius 3 is 2.14 bits per heavy atom. The van der Waals surface area contributed by atoms with Crippen molar-refractivity contribution in [2.24, 2.45) is 5.73 Å². The maximum Gasteiger partial charge on any atom is 0.173 e. The lowest BCUT2D eigenvalue weighted by Gasteiger charge is -1.85. The molecule has 0 aliphatic heterocycles. The minimum Gasteiger partial charge on any atom is -0.397 e. The Hall–Kier alpha value is -0.860. The second-order valence-electron chi connectivity index (χ2n) is 0.982. The molecule has 0 bridgehead atoms. The summed E-state index contributed by atoms with van der Waals surface area (Å²) in [6, 6.07) is 0. The van der Waals surface area contributed by atoms with Gasteiger partial charge >= 0.3 is 0 Å². The molecular weight excluding hydrogens is 100 g/mol. The quantitative estimate of drug-likeness (QED) is 0.499. The maximum atomic E-state index is 11.5. The molecule has 0 atom stereocenters. The molecule has 0 radical (unpaired) electrons. The van der Waals surface area contributed by atoms with Gasteiger partial charge < -0.3 is 5.73 Å². The van der Waals surface area contributed by atoms with Gasteiger partial charge in [-0.2, -0.15) is 0 Å². The third kappa shape index (κ3) is 1.92. The van der Waals surface area contributed by atoms with Gasteiger partial charge in [0.15, 0.2) is 5.83 Å². The van der Waals surface area contributed by atoms with Crippen molar-refractivity contribution in [1.29, 1.82) is 0 Å². The molecule has 0 unspecified atom stereocenters. The molecule has 0 aromatic rings. The number of allylic oxidation sites excluding steroid dienone is 1. The standard InChI is InChI=1S/C4H5F2N/c1-3(7)4(6)2-5/h2H,1,7H2/b4-2-. The second kappa shape index (κ2) is 2.34. The van der Waals surface area contributed by atoms with E-state index in [0.29, 0.717) is 0 Å². The van der Waals surface area contributed by atoms with Crippen molar-refractivity contribution in [3.05, 3.63) is 24.4 Å². The van der Waals surface area contributed by atoms with Crippen molar-refractivity contribution in [2.75, 3.05) is 0 Å². The SMILES string of the molecule is C=C(N)/C(F)=C/F. The van der Waals surface area contributed by atoms with Crippen LogP contribution in [0, 0.1) is 0 Å². The Kier molecular flexibility index (Phi) is 2.05. The summed E-state index contributed by atoms with van der Waals surface area (Å²) >= 11 is 0. The molecule has 0 amide bonds. The van der Waals surface area contributed by atoms with E-state index < -0.39 is 5.83 Å². The van der Waals surface area contributed by atoms with Crippen LogP contribution in [0.3, 0.4) is 0 Å². The lowest BCUT2D eigenvalue weighted by molar-refractivity contribution is 0.593. The number of halogens is 2. The first-order valence-corrected chi connectivity index (χ1v) is 1.59. The Morgan fingerprint density at radius 2 is 2.14 bits per heavy atom. The number of nitrogens with two attached hydrogens (primary N) is 1. The number of rotatable bonds is 1. The highest BCUT2D eigenvalue weighted by molar-refractivity contribution is 5.15. The Bertz CT molecular complexity index is 106. The largest absolute Gasteiger partial charge is 0.397 e. The van der Waals surface area contributed by atoms with E-state index >= 15 is 0 Å². The number of hydrogen-bond acceptors (Lipinski definition) is 1. The van der Waals surface area contributed by atoms with E-state index in [0.717, 1.165) is 0 Å². The van der Waals surface area contributed by atoms with Gasteiger partial charge in [0, 0.05) is 0 Å². The molecule has 0 spiro atoms. The minimum absolute atomic E-state index is 0.234. The molecule has 40 valence electrons. The van der Waals surface area contributed by atoms with E-state index in [1.54, 1.807) is 0 Å². The summed E-state index contributed by atoms with van der Waals surface area (Å²) in [5.41, 5.74) is 4.28. The van der Waals surface area contributed by atoms with Gasteiger partial charge in [0.25, 0.3) is 0 Å². The van der Waals surface area contributed by atoms with Crippen LogP contribution in [0.2, 0.25) is 0 Å². The minimum atomic E-state index is -1.11. The molecule has 2 N–H and O–H groups in total. The summed E-state index contributed by atoms with van der Waals surface area (Å²) in [4.78, 5) is 0. The second-order valence-corrected chi connectivity index (χ2v) is 0.982. The molecule has 0 saturated heterocycles. The molecule has 0 fully saturated rings. The molecule has 0 aliphatic rings. The molecule has 3 heteroatoms. The van der Waals surface area contributed by atoms with Gasteiger partial charge in [0.1, 0.15) is 6.33 Å². The van der Waals surface area contributed by atoms with Crippen molar-refractivity contribution >= 4 is 0 Å². The predicted molar refractivity (Wildman–Crippen MR) is 23.6 cm³/mol. The van der Waals surface area contributed by atoms with E-state index in [-0.39, 0.29) is 12.0 Å². The fourth-order valence-electron chi connectivity index (χ4n) is 0.0701. The number of hydrogen-bond donors (Lipinski definition) is 1. The van der Waals surface area contributed by atoms with Crippen LogP contribution in [-0.4, -0.2) is 0 Å². The molecular formula is C4H5F2N. The first-order chi connectivity index (χ1) is 3.18. The van der Waals surface area contributed by atoms with Crippen LogP contribution in [0.1, 0.15) is 0 Å². The average Bonchev–Trinajstić information content (AvgIpc) is 1.65. The highest BCUT2D eigenvalue weighted by Gasteiger charge is 1.90. The Labute approximate surface area is 40.1 Å². The van der Waals surface area contributed by atoms with Crippen LogP contribution >= 0.6 is 0 Å². The molecule has 0 aromatic carbocycles. The summed E-state index contributed by atoms with van der Waals surface area (Å²) in [6.45, 7) is 2.92. The summed E-state index contributed by atoms with van der Waals surface area (Å²) in [5.74, 6) is -1.11. The van der Waals surface area contributed by atoms with Crippen molar-refractivity contribution in [3.8, 4) is 0 Å². The fraction of sp³-hybridized carbons (Fsp3) is 0. The normalized spacial score (nSPS) is 11.4. The molecule has 0 saturated carbocycles. The van der Waals surface area contributed by atoms with E-state index in [9.17, 15) is 8.78 Å². The van der Waals surface area contributed by atoms with Gasteiger partial charge in [-0.15, -0.1) is 0 Å².